The first kappa shape index (κ1) is 15.2. The van der Waals surface area contributed by atoms with Crippen LogP contribution in [0.3, 0.4) is 0 Å². The Morgan fingerprint density at radius 3 is 2.65 bits per heavy atom. The van der Waals surface area contributed by atoms with Crippen molar-refractivity contribution in [1.29, 1.82) is 5.26 Å². The van der Waals surface area contributed by atoms with E-state index in [1.165, 1.54) is 5.56 Å². The molecule has 3 nitrogen and oxygen atoms in total. The molecule has 0 amide bonds. The Morgan fingerprint density at radius 1 is 0.957 bits per heavy atom. The molecule has 0 atom stereocenters. The van der Waals surface area contributed by atoms with E-state index >= 15 is 0 Å². The highest BCUT2D eigenvalue weighted by atomic mass is 16.5. The summed E-state index contributed by atoms with van der Waals surface area (Å²) in [5.74, 6) is 0.715. The Hall–Kier alpha value is -2.73. The molecule has 0 fully saturated rings. The van der Waals surface area contributed by atoms with E-state index in [2.05, 4.69) is 30.3 Å². The van der Waals surface area contributed by atoms with Gasteiger partial charge in [0.1, 0.15) is 0 Å². The van der Waals surface area contributed by atoms with Crippen LogP contribution in [0.2, 0.25) is 0 Å². The Morgan fingerprint density at radius 2 is 1.83 bits per heavy atom. The van der Waals surface area contributed by atoms with Crippen molar-refractivity contribution in [1.82, 2.24) is 0 Å². The van der Waals surface area contributed by atoms with Gasteiger partial charge in [0.2, 0.25) is 0 Å². The average Bonchev–Trinajstić information content (AvgIpc) is 3.09. The first-order chi connectivity index (χ1) is 11.4. The molecule has 0 unspecified atom stereocenters. The fraction of sp³-hybridized carbons (Fsp3) is 0.250. The van der Waals surface area contributed by atoms with Gasteiger partial charge >= 0.3 is 0 Å². The van der Waals surface area contributed by atoms with E-state index in [-0.39, 0.29) is 0 Å². The lowest BCUT2D eigenvalue weighted by atomic mass is 10.1. The predicted octanol–water partition coefficient (Wildman–Crippen LogP) is 5.10. The number of hydrogen-bond donors (Lipinski definition) is 0. The summed E-state index contributed by atoms with van der Waals surface area (Å²) in [5, 5.41) is 9.89. The summed E-state index contributed by atoms with van der Waals surface area (Å²) >= 11 is 0. The highest BCUT2D eigenvalue weighted by Gasteiger charge is 2.09. The second-order valence-corrected chi connectivity index (χ2v) is 5.53. The van der Waals surface area contributed by atoms with Crippen molar-refractivity contribution in [2.45, 2.75) is 25.7 Å². The minimum Gasteiger partial charge on any atom is -0.490 e. The standard InChI is InChI=1S/C20H19NO2/c21-15-17-10-11-19(20-18(17)12-14-23-20)22-13-6-2-5-9-16-7-3-1-4-8-16/h1,3-4,7-8,10-12,14H,2,5-6,9,13H2. The van der Waals surface area contributed by atoms with Gasteiger partial charge in [-0.3, -0.25) is 0 Å². The molecule has 1 aromatic heterocycles. The summed E-state index contributed by atoms with van der Waals surface area (Å²) in [4.78, 5) is 0. The molecule has 2 aromatic carbocycles. The van der Waals surface area contributed by atoms with Gasteiger partial charge in [0.15, 0.2) is 11.3 Å². The lowest BCUT2D eigenvalue weighted by Crippen LogP contribution is -1.98. The molecular weight excluding hydrogens is 286 g/mol. The van der Waals surface area contributed by atoms with Gasteiger partial charge in [-0.05, 0) is 49.4 Å². The predicted molar refractivity (Wildman–Crippen MR) is 90.4 cm³/mol. The third-order valence-electron chi connectivity index (χ3n) is 3.91. The van der Waals surface area contributed by atoms with Gasteiger partial charge in [-0.25, -0.2) is 0 Å². The van der Waals surface area contributed by atoms with Gasteiger partial charge in [-0.1, -0.05) is 30.3 Å². The van der Waals surface area contributed by atoms with Crippen molar-refractivity contribution >= 4 is 11.0 Å². The van der Waals surface area contributed by atoms with E-state index in [0.29, 0.717) is 23.5 Å². The zero-order valence-electron chi connectivity index (χ0n) is 13.0. The van der Waals surface area contributed by atoms with Crippen molar-refractivity contribution in [3.63, 3.8) is 0 Å². The summed E-state index contributed by atoms with van der Waals surface area (Å²) in [6, 6.07) is 18.1. The van der Waals surface area contributed by atoms with Crippen molar-refractivity contribution < 1.29 is 9.15 Å². The first-order valence-electron chi connectivity index (χ1n) is 7.95. The molecule has 0 spiro atoms. The highest BCUT2D eigenvalue weighted by Crippen LogP contribution is 2.29. The number of furan rings is 1. The Bertz CT molecular complexity index is 799. The third-order valence-corrected chi connectivity index (χ3v) is 3.91. The molecule has 3 heteroatoms. The molecule has 23 heavy (non-hydrogen) atoms. The molecule has 0 aliphatic carbocycles. The van der Waals surface area contributed by atoms with Crippen LogP contribution in [0, 0.1) is 11.3 Å². The number of unbranched alkanes of at least 4 members (excludes halogenated alkanes) is 2. The largest absolute Gasteiger partial charge is 0.490 e. The van der Waals surface area contributed by atoms with E-state index < -0.39 is 0 Å². The zero-order chi connectivity index (χ0) is 15.9. The lowest BCUT2D eigenvalue weighted by Gasteiger charge is -2.07. The van der Waals surface area contributed by atoms with Crippen LogP contribution in [0.4, 0.5) is 0 Å². The van der Waals surface area contributed by atoms with Crippen LogP contribution < -0.4 is 4.74 Å². The summed E-state index contributed by atoms with van der Waals surface area (Å²) < 4.78 is 11.3. The molecule has 3 rings (SSSR count). The molecular formula is C20H19NO2. The fourth-order valence-electron chi connectivity index (χ4n) is 2.68. The topological polar surface area (TPSA) is 46.2 Å². The minimum atomic E-state index is 0.615. The molecule has 0 aliphatic rings. The van der Waals surface area contributed by atoms with Gasteiger partial charge in [0, 0.05) is 5.39 Å². The second kappa shape index (κ2) is 7.51. The molecule has 3 aromatic rings. The van der Waals surface area contributed by atoms with Crippen LogP contribution in [0.15, 0.2) is 59.2 Å². The third kappa shape index (κ3) is 3.73. The number of hydrogen-bond acceptors (Lipinski definition) is 3. The monoisotopic (exact) mass is 305 g/mol. The van der Waals surface area contributed by atoms with Crippen LogP contribution in [0.1, 0.15) is 30.4 Å². The van der Waals surface area contributed by atoms with Gasteiger partial charge < -0.3 is 9.15 Å². The van der Waals surface area contributed by atoms with Gasteiger partial charge in [-0.15, -0.1) is 0 Å². The Balaban J connectivity index is 1.46. The maximum absolute atomic E-state index is 9.08. The number of ether oxygens (including phenoxy) is 1. The van der Waals surface area contributed by atoms with Crippen LogP contribution in [-0.2, 0) is 6.42 Å². The van der Waals surface area contributed by atoms with E-state index in [1.54, 1.807) is 18.4 Å². The van der Waals surface area contributed by atoms with Gasteiger partial charge in [-0.2, -0.15) is 5.26 Å². The van der Waals surface area contributed by atoms with Crippen LogP contribution in [0.25, 0.3) is 11.0 Å². The quantitative estimate of drug-likeness (QED) is 0.571. The van der Waals surface area contributed by atoms with E-state index in [0.717, 1.165) is 31.1 Å². The van der Waals surface area contributed by atoms with Crippen LogP contribution in [-0.4, -0.2) is 6.61 Å². The number of nitriles is 1. The maximum atomic E-state index is 9.08. The summed E-state index contributed by atoms with van der Waals surface area (Å²) in [5.41, 5.74) is 2.66. The van der Waals surface area contributed by atoms with E-state index in [9.17, 15) is 0 Å². The second-order valence-electron chi connectivity index (χ2n) is 5.53. The Labute approximate surface area is 136 Å². The average molecular weight is 305 g/mol. The number of rotatable bonds is 7. The van der Waals surface area contributed by atoms with E-state index in [4.69, 9.17) is 14.4 Å². The fourth-order valence-corrected chi connectivity index (χ4v) is 2.68. The normalized spacial score (nSPS) is 10.6. The molecule has 1 heterocycles. The minimum absolute atomic E-state index is 0.615. The molecule has 0 bridgehead atoms. The number of aryl methyl sites for hydroxylation is 1. The molecule has 0 radical (unpaired) electrons. The SMILES string of the molecule is N#Cc1ccc(OCCCCCc2ccccc2)c2occc12. The molecule has 0 saturated carbocycles. The molecule has 0 aliphatic heterocycles. The number of nitrogens with zero attached hydrogens (tertiary/aromatic N) is 1. The van der Waals surface area contributed by atoms with Crippen LogP contribution in [0.5, 0.6) is 5.75 Å². The number of fused-ring (bicyclic) bond motifs is 1. The summed E-state index contributed by atoms with van der Waals surface area (Å²) in [6.07, 6.45) is 6.01. The first-order valence-corrected chi connectivity index (χ1v) is 7.95. The van der Waals surface area contributed by atoms with Gasteiger partial charge in [0.05, 0.1) is 24.5 Å². The smallest absolute Gasteiger partial charge is 0.177 e. The Kier molecular flexibility index (Phi) is 4.95. The van der Waals surface area contributed by atoms with Gasteiger partial charge in [0.25, 0.3) is 0 Å². The summed E-state index contributed by atoms with van der Waals surface area (Å²) in [6.45, 7) is 0.663. The lowest BCUT2D eigenvalue weighted by molar-refractivity contribution is 0.304. The number of benzene rings is 2. The molecule has 116 valence electrons. The molecule has 0 N–H and O–H groups in total. The van der Waals surface area contributed by atoms with Crippen molar-refractivity contribution in [3.8, 4) is 11.8 Å². The van der Waals surface area contributed by atoms with E-state index in [1.807, 2.05) is 12.1 Å². The molecule has 0 saturated heterocycles. The van der Waals surface area contributed by atoms with Crippen molar-refractivity contribution in [3.05, 3.63) is 65.9 Å². The van der Waals surface area contributed by atoms with Crippen molar-refractivity contribution in [2.24, 2.45) is 0 Å². The highest BCUT2D eigenvalue weighted by molar-refractivity contribution is 5.88. The maximum Gasteiger partial charge on any atom is 0.177 e. The summed E-state index contributed by atoms with van der Waals surface area (Å²) in [7, 11) is 0. The zero-order valence-corrected chi connectivity index (χ0v) is 13.0. The van der Waals surface area contributed by atoms with Crippen molar-refractivity contribution in [2.75, 3.05) is 6.61 Å². The van der Waals surface area contributed by atoms with Crippen LogP contribution >= 0.6 is 0 Å².